The van der Waals surface area contributed by atoms with Crippen LogP contribution in [0.3, 0.4) is 0 Å². The van der Waals surface area contributed by atoms with Gasteiger partial charge in [0.05, 0.1) is 13.3 Å². The first-order chi connectivity index (χ1) is 15.9. The summed E-state index contributed by atoms with van der Waals surface area (Å²) in [7, 11) is 1.39. The van der Waals surface area contributed by atoms with E-state index in [1.54, 1.807) is 18.2 Å². The average molecular weight is 477 g/mol. The van der Waals surface area contributed by atoms with Crippen molar-refractivity contribution in [3.8, 4) is 11.5 Å². The molecule has 5 nitrogen and oxygen atoms in total. The molecule has 3 rings (SSSR count). The molecule has 0 spiro atoms. The topological polar surface area (TPSA) is 69.2 Å². The molecule has 0 amide bonds. The second-order valence-corrected chi connectivity index (χ2v) is 7.61. The zero-order chi connectivity index (χ0) is 23.8. The van der Waals surface area contributed by atoms with Crippen LogP contribution in [0.5, 0.6) is 11.5 Å². The summed E-state index contributed by atoms with van der Waals surface area (Å²) >= 11 is 1.33. The van der Waals surface area contributed by atoms with E-state index < -0.39 is 35.6 Å². The van der Waals surface area contributed by atoms with Crippen molar-refractivity contribution in [3.05, 3.63) is 94.6 Å². The van der Waals surface area contributed by atoms with Crippen molar-refractivity contribution < 1.29 is 27.0 Å². The molecule has 3 aromatic rings. The van der Waals surface area contributed by atoms with Gasteiger partial charge in [0.25, 0.3) is 0 Å². The first-order valence-electron chi connectivity index (χ1n) is 9.55. The number of rotatable bonds is 8. The molecule has 0 fully saturated rings. The van der Waals surface area contributed by atoms with Gasteiger partial charge in [0.1, 0.15) is 12.4 Å². The van der Waals surface area contributed by atoms with Crippen LogP contribution < -0.4 is 15.2 Å². The van der Waals surface area contributed by atoms with Crippen molar-refractivity contribution in [1.82, 2.24) is 0 Å². The number of hydrogen-bond donors (Lipinski definition) is 1. The molecule has 3 aromatic carbocycles. The first kappa shape index (κ1) is 24.1. The highest BCUT2D eigenvalue weighted by atomic mass is 32.2. The van der Waals surface area contributed by atoms with Gasteiger partial charge in [-0.15, -0.1) is 5.10 Å². The second kappa shape index (κ2) is 11.4. The molecule has 0 bridgehead atoms. The second-order valence-electron chi connectivity index (χ2n) is 6.61. The Hall–Kier alpha value is -3.53. The van der Waals surface area contributed by atoms with Crippen molar-refractivity contribution in [3.63, 3.8) is 0 Å². The SMILES string of the molecule is COc1ccc(C=NN=C(N)SCc2ccccc2)cc1COc1c(F)c(F)cc(F)c1F. The number of nitrogens with two attached hydrogens (primary N) is 1. The third kappa shape index (κ3) is 6.48. The molecule has 0 aliphatic carbocycles. The molecule has 0 radical (unpaired) electrons. The lowest BCUT2D eigenvalue weighted by Crippen LogP contribution is -2.06. The lowest BCUT2D eigenvalue weighted by molar-refractivity contribution is 0.256. The zero-order valence-corrected chi connectivity index (χ0v) is 18.2. The lowest BCUT2D eigenvalue weighted by Gasteiger charge is -2.12. The summed E-state index contributed by atoms with van der Waals surface area (Å²) in [4.78, 5) is 0. The van der Waals surface area contributed by atoms with E-state index in [2.05, 4.69) is 10.2 Å². The summed E-state index contributed by atoms with van der Waals surface area (Å²) in [6.07, 6.45) is 1.42. The Bertz CT molecular complexity index is 1150. The van der Waals surface area contributed by atoms with Gasteiger partial charge in [-0.3, -0.25) is 0 Å². The minimum atomic E-state index is -1.62. The Morgan fingerprint density at radius 2 is 1.70 bits per heavy atom. The Labute approximate surface area is 191 Å². The van der Waals surface area contributed by atoms with Crippen molar-refractivity contribution in [2.45, 2.75) is 12.4 Å². The fourth-order valence-corrected chi connectivity index (χ4v) is 3.34. The van der Waals surface area contributed by atoms with Gasteiger partial charge in [-0.2, -0.15) is 13.9 Å². The number of methoxy groups -OCH3 is 1. The smallest absolute Gasteiger partial charge is 0.203 e. The van der Waals surface area contributed by atoms with E-state index in [1.165, 1.54) is 25.1 Å². The third-order valence-electron chi connectivity index (χ3n) is 4.34. The van der Waals surface area contributed by atoms with E-state index in [4.69, 9.17) is 15.2 Å². The monoisotopic (exact) mass is 477 g/mol. The Morgan fingerprint density at radius 1 is 1.00 bits per heavy atom. The van der Waals surface area contributed by atoms with Gasteiger partial charge < -0.3 is 15.2 Å². The molecule has 10 heteroatoms. The van der Waals surface area contributed by atoms with E-state index in [0.717, 1.165) is 5.56 Å². The molecule has 0 saturated heterocycles. The van der Waals surface area contributed by atoms with Gasteiger partial charge in [0.2, 0.25) is 11.6 Å². The van der Waals surface area contributed by atoms with Crippen molar-refractivity contribution in [2.24, 2.45) is 15.9 Å². The number of ether oxygens (including phenoxy) is 2. The maximum atomic E-state index is 13.8. The quantitative estimate of drug-likeness (QED) is 0.155. The fraction of sp³-hybridized carbons (Fsp3) is 0.130. The maximum absolute atomic E-state index is 13.8. The highest BCUT2D eigenvalue weighted by molar-refractivity contribution is 8.13. The summed E-state index contributed by atoms with van der Waals surface area (Å²) in [6.45, 7) is -0.417. The minimum absolute atomic E-state index is 0.111. The van der Waals surface area contributed by atoms with Crippen LogP contribution in [0.25, 0.3) is 0 Å². The van der Waals surface area contributed by atoms with Gasteiger partial charge in [-0.05, 0) is 29.3 Å². The van der Waals surface area contributed by atoms with Crippen LogP contribution in [-0.4, -0.2) is 18.5 Å². The molecule has 0 heterocycles. The van der Waals surface area contributed by atoms with E-state index in [9.17, 15) is 17.6 Å². The molecule has 0 aliphatic heterocycles. The lowest BCUT2D eigenvalue weighted by atomic mass is 10.1. The number of thioether (sulfide) groups is 1. The summed E-state index contributed by atoms with van der Waals surface area (Å²) in [5.74, 6) is -6.53. The zero-order valence-electron chi connectivity index (χ0n) is 17.4. The molecule has 0 saturated carbocycles. The number of hydrogen-bond acceptors (Lipinski definition) is 5. The summed E-state index contributed by atoms with van der Waals surface area (Å²) in [5, 5.41) is 8.13. The maximum Gasteiger partial charge on any atom is 0.203 e. The van der Waals surface area contributed by atoms with Crippen LogP contribution >= 0.6 is 11.8 Å². The number of benzene rings is 3. The molecule has 172 valence electrons. The highest BCUT2D eigenvalue weighted by Gasteiger charge is 2.21. The van der Waals surface area contributed by atoms with E-state index in [-0.39, 0.29) is 11.2 Å². The Morgan fingerprint density at radius 3 is 2.36 bits per heavy atom. The van der Waals surface area contributed by atoms with Crippen LogP contribution in [-0.2, 0) is 12.4 Å². The van der Waals surface area contributed by atoms with E-state index in [1.807, 2.05) is 30.3 Å². The minimum Gasteiger partial charge on any atom is -0.496 e. The standard InChI is InChI=1S/C23H19F4N3O2S/c1-31-19-8-7-15(11-29-30-23(28)33-13-14-5-3-2-4-6-14)9-16(19)12-32-22-20(26)17(24)10-18(25)21(22)27/h2-11H,12-13H2,1H3,(H2,28,30). The van der Waals surface area contributed by atoms with Crippen LogP contribution in [0.1, 0.15) is 16.7 Å². The predicted molar refractivity (Wildman–Crippen MR) is 121 cm³/mol. The summed E-state index contributed by atoms with van der Waals surface area (Å²) in [6, 6.07) is 14.7. The number of amidine groups is 1. The summed E-state index contributed by atoms with van der Waals surface area (Å²) in [5.41, 5.74) is 7.87. The molecule has 2 N–H and O–H groups in total. The van der Waals surface area contributed by atoms with Gasteiger partial charge in [0.15, 0.2) is 22.6 Å². The Balaban J connectivity index is 1.69. The van der Waals surface area contributed by atoms with Crippen LogP contribution in [0, 0.1) is 23.3 Å². The van der Waals surface area contributed by atoms with Crippen molar-refractivity contribution in [1.29, 1.82) is 0 Å². The average Bonchev–Trinajstić information content (AvgIpc) is 2.82. The predicted octanol–water partition coefficient (Wildman–Crippen LogP) is 5.41. The molecule has 0 aliphatic rings. The highest BCUT2D eigenvalue weighted by Crippen LogP contribution is 2.29. The van der Waals surface area contributed by atoms with Crippen LogP contribution in [0.4, 0.5) is 17.6 Å². The van der Waals surface area contributed by atoms with Gasteiger partial charge >= 0.3 is 0 Å². The molecule has 0 aromatic heterocycles. The molecular formula is C23H19F4N3O2S. The molecular weight excluding hydrogens is 458 g/mol. The van der Waals surface area contributed by atoms with E-state index >= 15 is 0 Å². The largest absolute Gasteiger partial charge is 0.496 e. The normalized spacial score (nSPS) is 11.7. The molecule has 0 unspecified atom stereocenters. The Kier molecular flexibility index (Phi) is 8.31. The van der Waals surface area contributed by atoms with Gasteiger partial charge in [-0.1, -0.05) is 42.1 Å². The van der Waals surface area contributed by atoms with Crippen molar-refractivity contribution in [2.75, 3.05) is 7.11 Å². The molecule has 0 atom stereocenters. The third-order valence-corrected chi connectivity index (χ3v) is 5.20. The van der Waals surface area contributed by atoms with Gasteiger partial charge in [-0.25, -0.2) is 8.78 Å². The molecule has 33 heavy (non-hydrogen) atoms. The number of nitrogens with zero attached hydrogens (tertiary/aromatic N) is 2. The van der Waals surface area contributed by atoms with Crippen LogP contribution in [0.15, 0.2) is 64.8 Å². The van der Waals surface area contributed by atoms with Crippen molar-refractivity contribution >= 4 is 23.1 Å². The van der Waals surface area contributed by atoms with Crippen LogP contribution in [0.2, 0.25) is 0 Å². The summed E-state index contributed by atoms with van der Waals surface area (Å²) < 4.78 is 64.7. The van der Waals surface area contributed by atoms with Gasteiger partial charge in [0, 0.05) is 17.4 Å². The number of halogens is 4. The fourth-order valence-electron chi connectivity index (χ4n) is 2.73. The van der Waals surface area contributed by atoms with E-state index in [0.29, 0.717) is 22.6 Å². The first-order valence-corrected chi connectivity index (χ1v) is 10.5.